The van der Waals surface area contributed by atoms with Gasteiger partial charge in [-0.2, -0.15) is 0 Å². The maximum absolute atomic E-state index is 15.7. The van der Waals surface area contributed by atoms with Crippen LogP contribution >= 0.6 is 0 Å². The number of carboxylic acids is 1. The number of carboxylic acid groups (broad SMARTS) is 1. The Labute approximate surface area is 200 Å². The van der Waals surface area contributed by atoms with Crippen LogP contribution in [-0.4, -0.2) is 33.3 Å². The standard InChI is InChI=1S/C26H27FN4O4/c27-19-20(28)18-22-24(21(19)30-15-7-6-14(11-15)17-5-1-4-10-29-17)35-13-26(8-2-3-9-26)31(22)12-16(23(18)32)25(33)34/h1,4-5,10,12,14-15,30H,2-3,6-9,11,13,28H2,(H,33,34)/t14-,15-/m0/s1. The number of pyridine rings is 2. The van der Waals surface area contributed by atoms with Gasteiger partial charge in [0.05, 0.1) is 22.1 Å². The zero-order valence-corrected chi connectivity index (χ0v) is 19.2. The first-order valence-electron chi connectivity index (χ1n) is 12.1. The number of nitrogens with zero attached hydrogens (tertiary/aromatic N) is 2. The van der Waals surface area contributed by atoms with E-state index in [9.17, 15) is 14.7 Å². The zero-order valence-electron chi connectivity index (χ0n) is 19.2. The van der Waals surface area contributed by atoms with Crippen LogP contribution in [0, 0.1) is 5.82 Å². The molecular formula is C26H27FN4O4. The number of carbonyl (C=O) groups is 1. The number of hydrogen-bond donors (Lipinski definition) is 3. The van der Waals surface area contributed by atoms with Gasteiger partial charge in [0.15, 0.2) is 11.6 Å². The molecule has 0 amide bonds. The topological polar surface area (TPSA) is 119 Å². The Morgan fingerprint density at radius 2 is 2.09 bits per heavy atom. The molecule has 182 valence electrons. The second-order valence-corrected chi connectivity index (χ2v) is 10.0. The summed E-state index contributed by atoms with van der Waals surface area (Å²) in [6.45, 7) is 0.288. The normalized spacial score (nSPS) is 22.4. The maximum atomic E-state index is 15.7. The minimum atomic E-state index is -1.35. The van der Waals surface area contributed by atoms with E-state index in [-0.39, 0.29) is 41.1 Å². The van der Waals surface area contributed by atoms with Gasteiger partial charge in [-0.1, -0.05) is 18.9 Å². The lowest BCUT2D eigenvalue weighted by molar-refractivity contribution is 0.0692. The van der Waals surface area contributed by atoms with Crippen molar-refractivity contribution >= 4 is 28.2 Å². The molecule has 3 heterocycles. The van der Waals surface area contributed by atoms with Crippen molar-refractivity contribution in [2.45, 2.75) is 62.4 Å². The molecule has 2 fully saturated rings. The third kappa shape index (κ3) is 3.28. The van der Waals surface area contributed by atoms with E-state index >= 15 is 4.39 Å². The number of fused-ring (bicyclic) bond motifs is 1. The highest BCUT2D eigenvalue weighted by atomic mass is 19.1. The van der Waals surface area contributed by atoms with Crippen LogP contribution in [0.5, 0.6) is 5.75 Å². The highest BCUT2D eigenvalue weighted by molar-refractivity contribution is 6.03. The van der Waals surface area contributed by atoms with Crippen LogP contribution in [0.15, 0.2) is 35.4 Å². The summed E-state index contributed by atoms with van der Waals surface area (Å²) in [6.07, 6.45) is 9.22. The number of aromatic nitrogens is 2. The second kappa shape index (κ2) is 7.96. The quantitative estimate of drug-likeness (QED) is 0.480. The van der Waals surface area contributed by atoms with Crippen LogP contribution in [0.3, 0.4) is 0 Å². The van der Waals surface area contributed by atoms with Crippen LogP contribution in [0.25, 0.3) is 10.9 Å². The highest BCUT2D eigenvalue weighted by Gasteiger charge is 2.43. The van der Waals surface area contributed by atoms with Gasteiger partial charge in [-0.25, -0.2) is 9.18 Å². The van der Waals surface area contributed by atoms with E-state index in [1.54, 1.807) is 6.20 Å². The smallest absolute Gasteiger partial charge is 0.341 e. The molecule has 0 saturated heterocycles. The highest BCUT2D eigenvalue weighted by Crippen LogP contribution is 2.49. The van der Waals surface area contributed by atoms with Gasteiger partial charge in [-0.3, -0.25) is 9.78 Å². The Balaban J connectivity index is 1.48. The summed E-state index contributed by atoms with van der Waals surface area (Å²) >= 11 is 0. The molecule has 2 aliphatic carbocycles. The zero-order chi connectivity index (χ0) is 24.3. The third-order valence-electron chi connectivity index (χ3n) is 8.02. The number of nitrogens with two attached hydrogens (primary N) is 1. The largest absolute Gasteiger partial charge is 0.487 e. The van der Waals surface area contributed by atoms with Crippen molar-refractivity contribution < 1.29 is 19.0 Å². The molecule has 0 radical (unpaired) electrons. The molecule has 4 N–H and O–H groups in total. The number of rotatable bonds is 4. The lowest BCUT2D eigenvalue weighted by atomic mass is 9.93. The fourth-order valence-corrected chi connectivity index (χ4v) is 6.24. The van der Waals surface area contributed by atoms with Gasteiger partial charge in [0.25, 0.3) is 0 Å². The summed E-state index contributed by atoms with van der Waals surface area (Å²) in [4.78, 5) is 29.5. The first-order chi connectivity index (χ1) is 16.9. The molecule has 2 atom stereocenters. The first kappa shape index (κ1) is 21.9. The SMILES string of the molecule is Nc1c(F)c(N[C@H]2CC[C@H](c3ccccn3)C2)c2c3c1c(=O)c(C(=O)O)cn3C1(CCCC1)CO2. The number of ether oxygens (including phenoxy) is 1. The van der Waals surface area contributed by atoms with E-state index in [4.69, 9.17) is 10.5 Å². The summed E-state index contributed by atoms with van der Waals surface area (Å²) in [6, 6.07) is 5.84. The molecule has 3 aliphatic rings. The molecule has 0 bridgehead atoms. The average Bonchev–Trinajstić information content (AvgIpc) is 3.52. The second-order valence-electron chi connectivity index (χ2n) is 10.0. The monoisotopic (exact) mass is 478 g/mol. The van der Waals surface area contributed by atoms with Gasteiger partial charge in [-0.15, -0.1) is 0 Å². The summed E-state index contributed by atoms with van der Waals surface area (Å²) in [5.41, 5.74) is 5.74. The summed E-state index contributed by atoms with van der Waals surface area (Å²) < 4.78 is 23.8. The number of halogens is 1. The Kier molecular flexibility index (Phi) is 4.98. The van der Waals surface area contributed by atoms with Crippen LogP contribution in [0.2, 0.25) is 0 Å². The number of aromatic carboxylic acids is 1. The minimum absolute atomic E-state index is 0.0194. The van der Waals surface area contributed by atoms with Gasteiger partial charge >= 0.3 is 5.97 Å². The first-order valence-corrected chi connectivity index (χ1v) is 12.1. The molecule has 1 spiro atoms. The molecule has 2 saturated carbocycles. The Bertz CT molecular complexity index is 1400. The molecule has 9 heteroatoms. The molecule has 0 unspecified atom stereocenters. The van der Waals surface area contributed by atoms with Crippen LogP contribution in [-0.2, 0) is 5.54 Å². The van der Waals surface area contributed by atoms with E-state index in [2.05, 4.69) is 10.3 Å². The van der Waals surface area contributed by atoms with Gasteiger partial charge in [-0.05, 0) is 44.2 Å². The van der Waals surface area contributed by atoms with E-state index in [0.717, 1.165) is 50.6 Å². The van der Waals surface area contributed by atoms with Crippen molar-refractivity contribution in [2.75, 3.05) is 17.7 Å². The Morgan fingerprint density at radius 1 is 1.29 bits per heavy atom. The average molecular weight is 479 g/mol. The number of anilines is 2. The van der Waals surface area contributed by atoms with Gasteiger partial charge in [0, 0.05) is 30.0 Å². The maximum Gasteiger partial charge on any atom is 0.341 e. The molecular weight excluding hydrogens is 451 g/mol. The summed E-state index contributed by atoms with van der Waals surface area (Å²) in [7, 11) is 0. The predicted octanol–water partition coefficient (Wildman–Crippen LogP) is 4.23. The Hall–Kier alpha value is -3.62. The van der Waals surface area contributed by atoms with Crippen molar-refractivity contribution in [2.24, 2.45) is 0 Å². The van der Waals surface area contributed by atoms with Crippen LogP contribution < -0.4 is 21.2 Å². The number of benzene rings is 1. The van der Waals surface area contributed by atoms with Gasteiger partial charge in [0.2, 0.25) is 5.43 Å². The molecule has 3 aromatic rings. The predicted molar refractivity (Wildman–Crippen MR) is 130 cm³/mol. The van der Waals surface area contributed by atoms with Gasteiger partial charge in [0.1, 0.15) is 17.9 Å². The van der Waals surface area contributed by atoms with E-state index < -0.39 is 28.3 Å². The fourth-order valence-electron chi connectivity index (χ4n) is 6.24. The van der Waals surface area contributed by atoms with E-state index in [1.807, 2.05) is 22.8 Å². The lowest BCUT2D eigenvalue weighted by Gasteiger charge is -2.39. The van der Waals surface area contributed by atoms with Crippen molar-refractivity contribution in [3.8, 4) is 5.75 Å². The molecule has 2 aromatic heterocycles. The van der Waals surface area contributed by atoms with E-state index in [0.29, 0.717) is 5.52 Å². The van der Waals surface area contributed by atoms with Crippen LogP contribution in [0.1, 0.15) is 66.9 Å². The molecule has 1 aromatic carbocycles. The van der Waals surface area contributed by atoms with Gasteiger partial charge < -0.3 is 25.5 Å². The number of nitrogens with one attached hydrogen (secondary N) is 1. The number of nitrogen functional groups attached to an aromatic ring is 1. The van der Waals surface area contributed by atoms with Crippen molar-refractivity contribution in [1.82, 2.24) is 9.55 Å². The molecule has 6 rings (SSSR count). The summed E-state index contributed by atoms with van der Waals surface area (Å²) in [5.74, 6) is -1.62. The molecule has 35 heavy (non-hydrogen) atoms. The fraction of sp³-hybridized carbons (Fsp3) is 0.423. The van der Waals surface area contributed by atoms with Crippen molar-refractivity contribution in [3.63, 3.8) is 0 Å². The minimum Gasteiger partial charge on any atom is -0.487 e. The third-order valence-corrected chi connectivity index (χ3v) is 8.02. The Morgan fingerprint density at radius 3 is 2.80 bits per heavy atom. The number of hydrogen-bond acceptors (Lipinski definition) is 6. The summed E-state index contributed by atoms with van der Waals surface area (Å²) in [5, 5.41) is 12.9. The van der Waals surface area contributed by atoms with Crippen LogP contribution in [0.4, 0.5) is 15.8 Å². The lowest BCUT2D eigenvalue weighted by Crippen LogP contribution is -2.42. The van der Waals surface area contributed by atoms with Crippen molar-refractivity contribution in [3.05, 3.63) is 57.9 Å². The molecule has 1 aliphatic heterocycles. The van der Waals surface area contributed by atoms with E-state index in [1.165, 1.54) is 6.20 Å². The van der Waals surface area contributed by atoms with Crippen molar-refractivity contribution in [1.29, 1.82) is 0 Å². The molecule has 8 nitrogen and oxygen atoms in total.